The summed E-state index contributed by atoms with van der Waals surface area (Å²) >= 11 is 0. The van der Waals surface area contributed by atoms with E-state index in [4.69, 9.17) is 5.73 Å². The summed E-state index contributed by atoms with van der Waals surface area (Å²) in [5.74, 6) is 0.167. The van der Waals surface area contributed by atoms with Crippen LogP contribution in [0.25, 0.3) is 0 Å². The summed E-state index contributed by atoms with van der Waals surface area (Å²) in [5, 5.41) is 2.79. The first-order chi connectivity index (χ1) is 10.2. The Kier molecular flexibility index (Phi) is 5.66. The number of carbonyl (C=O) groups is 1. The van der Waals surface area contributed by atoms with Gasteiger partial charge in [0.15, 0.2) is 0 Å². The van der Waals surface area contributed by atoms with E-state index in [0.717, 1.165) is 10.5 Å². The van der Waals surface area contributed by atoms with Crippen LogP contribution in [0.5, 0.6) is 0 Å². The molecule has 0 aliphatic rings. The number of hydrogen-bond acceptors (Lipinski definition) is 3. The van der Waals surface area contributed by atoms with E-state index < -0.39 is 10.8 Å². The van der Waals surface area contributed by atoms with Crippen molar-refractivity contribution < 1.29 is 9.00 Å². The second kappa shape index (κ2) is 7.71. The van der Waals surface area contributed by atoms with E-state index in [2.05, 4.69) is 5.32 Å². The van der Waals surface area contributed by atoms with Crippen molar-refractivity contribution in [1.29, 1.82) is 0 Å². The average molecular weight is 302 g/mol. The van der Waals surface area contributed by atoms with Crippen molar-refractivity contribution in [3.8, 4) is 0 Å². The molecule has 3 N–H and O–H groups in total. The van der Waals surface area contributed by atoms with E-state index in [1.807, 2.05) is 42.5 Å². The Labute approximate surface area is 126 Å². The first-order valence-electron chi connectivity index (χ1n) is 6.71. The van der Waals surface area contributed by atoms with Gasteiger partial charge in [0.05, 0.1) is 10.8 Å². The lowest BCUT2D eigenvalue weighted by Crippen LogP contribution is -2.15. The highest BCUT2D eigenvalue weighted by atomic mass is 32.2. The maximum Gasteiger partial charge on any atom is 0.225 e. The van der Waals surface area contributed by atoms with Gasteiger partial charge in [-0.2, -0.15) is 0 Å². The third-order valence-electron chi connectivity index (χ3n) is 2.97. The van der Waals surface area contributed by atoms with Gasteiger partial charge in [0.2, 0.25) is 5.91 Å². The van der Waals surface area contributed by atoms with Crippen LogP contribution in [0.15, 0.2) is 59.5 Å². The Hall–Kier alpha value is -1.98. The molecule has 0 aliphatic carbocycles. The summed E-state index contributed by atoms with van der Waals surface area (Å²) < 4.78 is 12.0. The third kappa shape index (κ3) is 4.81. The summed E-state index contributed by atoms with van der Waals surface area (Å²) in [6, 6.07) is 16.6. The number of nitrogens with one attached hydrogen (secondary N) is 1. The minimum atomic E-state index is -1.15. The predicted molar refractivity (Wildman–Crippen MR) is 85.3 cm³/mol. The molecule has 2 rings (SSSR count). The first kappa shape index (κ1) is 15.4. The molecule has 1 unspecified atom stereocenters. The van der Waals surface area contributed by atoms with Crippen LogP contribution >= 0.6 is 0 Å². The molecule has 2 aromatic rings. The van der Waals surface area contributed by atoms with Crippen LogP contribution < -0.4 is 11.1 Å². The molecule has 2 aromatic carbocycles. The van der Waals surface area contributed by atoms with Crippen LogP contribution in [0.2, 0.25) is 0 Å². The molecule has 0 saturated carbocycles. The van der Waals surface area contributed by atoms with Crippen molar-refractivity contribution in [2.45, 2.75) is 17.9 Å². The van der Waals surface area contributed by atoms with Gasteiger partial charge in [-0.25, -0.2) is 0 Å². The molecule has 0 heterocycles. The Bertz CT molecular complexity index is 629. The lowest BCUT2D eigenvalue weighted by atomic mass is 10.2. The lowest BCUT2D eigenvalue weighted by molar-refractivity contribution is -0.115. The van der Waals surface area contributed by atoms with Gasteiger partial charge in [0.1, 0.15) is 0 Å². The normalized spacial score (nSPS) is 11.9. The second-order valence-electron chi connectivity index (χ2n) is 4.57. The van der Waals surface area contributed by atoms with Gasteiger partial charge < -0.3 is 11.1 Å². The minimum absolute atomic E-state index is 0.145. The number of nitrogens with two attached hydrogens (primary N) is 1. The summed E-state index contributed by atoms with van der Waals surface area (Å²) in [5.41, 5.74) is 7.23. The number of rotatable bonds is 6. The minimum Gasteiger partial charge on any atom is -0.326 e. The third-order valence-corrected chi connectivity index (χ3v) is 4.34. The fourth-order valence-corrected chi connectivity index (χ4v) is 2.94. The topological polar surface area (TPSA) is 72.2 Å². The Morgan fingerprint density at radius 2 is 1.86 bits per heavy atom. The second-order valence-corrected chi connectivity index (χ2v) is 6.14. The zero-order valence-corrected chi connectivity index (χ0v) is 12.4. The van der Waals surface area contributed by atoms with Gasteiger partial charge >= 0.3 is 0 Å². The van der Waals surface area contributed by atoms with Gasteiger partial charge in [0.25, 0.3) is 0 Å². The highest BCUT2D eigenvalue weighted by Crippen LogP contribution is 2.11. The van der Waals surface area contributed by atoms with Crippen LogP contribution in [0, 0.1) is 0 Å². The van der Waals surface area contributed by atoms with Crippen molar-refractivity contribution >= 4 is 22.4 Å². The maximum atomic E-state index is 12.0. The Morgan fingerprint density at radius 3 is 2.57 bits per heavy atom. The van der Waals surface area contributed by atoms with E-state index in [9.17, 15) is 9.00 Å². The largest absolute Gasteiger partial charge is 0.326 e. The lowest BCUT2D eigenvalue weighted by Gasteiger charge is -2.07. The quantitative estimate of drug-likeness (QED) is 0.860. The SMILES string of the molecule is NCc1cccc(NC(=O)CCS(=O)c2ccccc2)c1. The monoisotopic (exact) mass is 302 g/mol. The van der Waals surface area contributed by atoms with Crippen molar-refractivity contribution in [2.24, 2.45) is 5.73 Å². The number of amides is 1. The van der Waals surface area contributed by atoms with Crippen LogP contribution in [-0.2, 0) is 22.1 Å². The maximum absolute atomic E-state index is 12.0. The molecule has 110 valence electrons. The molecule has 0 fully saturated rings. The van der Waals surface area contributed by atoms with Gasteiger partial charge in [-0.05, 0) is 29.8 Å². The molecule has 0 aromatic heterocycles. The van der Waals surface area contributed by atoms with Gasteiger partial charge in [-0.3, -0.25) is 9.00 Å². The van der Waals surface area contributed by atoms with E-state index in [1.54, 1.807) is 12.1 Å². The Balaban J connectivity index is 1.86. The first-order valence-corrected chi connectivity index (χ1v) is 8.03. The van der Waals surface area contributed by atoms with Gasteiger partial charge in [-0.1, -0.05) is 30.3 Å². The molecule has 0 saturated heterocycles. The Morgan fingerprint density at radius 1 is 1.10 bits per heavy atom. The fraction of sp³-hybridized carbons (Fsp3) is 0.188. The molecule has 0 bridgehead atoms. The predicted octanol–water partition coefficient (Wildman–Crippen LogP) is 2.28. The molecular weight excluding hydrogens is 284 g/mol. The van der Waals surface area contributed by atoms with Gasteiger partial charge in [0, 0.05) is 29.3 Å². The summed E-state index contributed by atoms with van der Waals surface area (Å²) in [7, 11) is -1.15. The molecule has 1 atom stereocenters. The zero-order valence-electron chi connectivity index (χ0n) is 11.6. The fourth-order valence-electron chi connectivity index (χ4n) is 1.88. The van der Waals surface area contributed by atoms with Crippen molar-refractivity contribution in [3.05, 3.63) is 60.2 Å². The van der Waals surface area contributed by atoms with Crippen molar-refractivity contribution in [3.63, 3.8) is 0 Å². The molecule has 5 heteroatoms. The summed E-state index contributed by atoms with van der Waals surface area (Å²) in [4.78, 5) is 12.6. The van der Waals surface area contributed by atoms with Crippen LogP contribution in [-0.4, -0.2) is 15.9 Å². The number of benzene rings is 2. The van der Waals surface area contributed by atoms with Gasteiger partial charge in [-0.15, -0.1) is 0 Å². The smallest absolute Gasteiger partial charge is 0.225 e. The summed E-state index contributed by atoms with van der Waals surface area (Å²) in [6.07, 6.45) is 0.217. The molecule has 4 nitrogen and oxygen atoms in total. The number of carbonyl (C=O) groups excluding carboxylic acids is 1. The van der Waals surface area contributed by atoms with Crippen molar-refractivity contribution in [2.75, 3.05) is 11.1 Å². The van der Waals surface area contributed by atoms with E-state index in [0.29, 0.717) is 18.0 Å². The van der Waals surface area contributed by atoms with E-state index >= 15 is 0 Å². The molecule has 0 aliphatic heterocycles. The molecule has 0 spiro atoms. The van der Waals surface area contributed by atoms with Crippen LogP contribution in [0.4, 0.5) is 5.69 Å². The number of anilines is 1. The van der Waals surface area contributed by atoms with Crippen LogP contribution in [0.1, 0.15) is 12.0 Å². The molecular formula is C16H18N2O2S. The average Bonchev–Trinajstić information content (AvgIpc) is 2.53. The number of hydrogen-bond donors (Lipinski definition) is 2. The van der Waals surface area contributed by atoms with Crippen LogP contribution in [0.3, 0.4) is 0 Å². The molecule has 0 radical (unpaired) electrons. The highest BCUT2D eigenvalue weighted by molar-refractivity contribution is 7.85. The molecule has 21 heavy (non-hydrogen) atoms. The van der Waals surface area contributed by atoms with E-state index in [1.165, 1.54) is 0 Å². The summed E-state index contributed by atoms with van der Waals surface area (Å²) in [6.45, 7) is 0.432. The molecule has 1 amide bonds. The van der Waals surface area contributed by atoms with E-state index in [-0.39, 0.29) is 12.3 Å². The van der Waals surface area contributed by atoms with Crippen molar-refractivity contribution in [1.82, 2.24) is 0 Å². The zero-order chi connectivity index (χ0) is 15.1. The standard InChI is InChI=1S/C16H18N2O2S/c17-12-13-5-4-6-14(11-13)18-16(19)9-10-21(20)15-7-2-1-3-8-15/h1-8,11H,9-10,12,17H2,(H,18,19). The highest BCUT2D eigenvalue weighted by Gasteiger charge is 2.08.